The second-order valence-corrected chi connectivity index (χ2v) is 4.80. The summed E-state index contributed by atoms with van der Waals surface area (Å²) in [5.74, 6) is -1.00. The topological polar surface area (TPSA) is 64.6 Å². The molecule has 0 heterocycles. The number of methoxy groups -OCH3 is 2. The average molecular weight is 320 g/mol. The molecule has 1 N–H and O–H groups in total. The SMILES string of the molecule is COCC(=O)N[C@H](Cc1c(Cl)cccc1Cl)C(=O)OC. The van der Waals surface area contributed by atoms with E-state index in [1.54, 1.807) is 18.2 Å². The fraction of sp³-hybridized carbons (Fsp3) is 0.385. The molecule has 5 nitrogen and oxygen atoms in total. The minimum Gasteiger partial charge on any atom is -0.467 e. The first-order valence-corrected chi connectivity index (χ1v) is 6.54. The Hall–Kier alpha value is -1.30. The van der Waals surface area contributed by atoms with Gasteiger partial charge in [-0.1, -0.05) is 29.3 Å². The van der Waals surface area contributed by atoms with Gasteiger partial charge in [0.2, 0.25) is 5.91 Å². The third-order valence-electron chi connectivity index (χ3n) is 2.57. The smallest absolute Gasteiger partial charge is 0.328 e. The van der Waals surface area contributed by atoms with E-state index in [1.165, 1.54) is 14.2 Å². The van der Waals surface area contributed by atoms with Crippen molar-refractivity contribution >= 4 is 35.1 Å². The maximum atomic E-state index is 11.7. The number of ether oxygens (including phenoxy) is 2. The lowest BCUT2D eigenvalue weighted by Crippen LogP contribution is -2.44. The highest BCUT2D eigenvalue weighted by molar-refractivity contribution is 6.36. The van der Waals surface area contributed by atoms with Gasteiger partial charge in [0, 0.05) is 23.6 Å². The Morgan fingerprint density at radius 2 is 1.85 bits per heavy atom. The van der Waals surface area contributed by atoms with E-state index in [1.807, 2.05) is 0 Å². The van der Waals surface area contributed by atoms with Crippen molar-refractivity contribution in [1.82, 2.24) is 5.32 Å². The summed E-state index contributed by atoms with van der Waals surface area (Å²) in [5, 5.41) is 3.36. The van der Waals surface area contributed by atoms with Crippen molar-refractivity contribution in [2.45, 2.75) is 12.5 Å². The average Bonchev–Trinajstić information content (AvgIpc) is 2.41. The molecule has 0 bridgehead atoms. The monoisotopic (exact) mass is 319 g/mol. The fourth-order valence-corrected chi connectivity index (χ4v) is 2.19. The second-order valence-electron chi connectivity index (χ2n) is 3.98. The van der Waals surface area contributed by atoms with E-state index in [2.05, 4.69) is 10.1 Å². The molecule has 110 valence electrons. The summed E-state index contributed by atoms with van der Waals surface area (Å²) in [6.45, 7) is -0.149. The predicted octanol–water partition coefficient (Wildman–Crippen LogP) is 1.84. The van der Waals surface area contributed by atoms with E-state index in [9.17, 15) is 9.59 Å². The van der Waals surface area contributed by atoms with Crippen LogP contribution in [0, 0.1) is 0 Å². The first-order valence-electron chi connectivity index (χ1n) is 5.78. The number of hydrogen-bond donors (Lipinski definition) is 1. The summed E-state index contributed by atoms with van der Waals surface area (Å²) >= 11 is 12.1. The minimum atomic E-state index is -0.875. The molecule has 7 heteroatoms. The molecule has 1 rings (SSSR count). The molecule has 0 aliphatic rings. The van der Waals surface area contributed by atoms with Crippen LogP contribution in [0.5, 0.6) is 0 Å². The van der Waals surface area contributed by atoms with Gasteiger partial charge in [-0.2, -0.15) is 0 Å². The molecular weight excluding hydrogens is 305 g/mol. The number of rotatable bonds is 6. The molecule has 0 unspecified atom stereocenters. The highest BCUT2D eigenvalue weighted by atomic mass is 35.5. The molecule has 0 saturated heterocycles. The van der Waals surface area contributed by atoms with Gasteiger partial charge < -0.3 is 14.8 Å². The van der Waals surface area contributed by atoms with Gasteiger partial charge in [0.15, 0.2) is 0 Å². The third kappa shape index (κ3) is 4.67. The van der Waals surface area contributed by atoms with Gasteiger partial charge >= 0.3 is 5.97 Å². The number of benzene rings is 1. The van der Waals surface area contributed by atoms with Crippen molar-refractivity contribution in [2.24, 2.45) is 0 Å². The van der Waals surface area contributed by atoms with Gasteiger partial charge in [-0.05, 0) is 17.7 Å². The van der Waals surface area contributed by atoms with E-state index in [-0.39, 0.29) is 13.0 Å². The van der Waals surface area contributed by atoms with E-state index < -0.39 is 17.9 Å². The van der Waals surface area contributed by atoms with Crippen molar-refractivity contribution < 1.29 is 19.1 Å². The Balaban J connectivity index is 2.90. The number of amides is 1. The molecule has 20 heavy (non-hydrogen) atoms. The van der Waals surface area contributed by atoms with Crippen LogP contribution in [0.2, 0.25) is 10.0 Å². The van der Waals surface area contributed by atoms with E-state index in [0.717, 1.165) is 0 Å². The van der Waals surface area contributed by atoms with Crippen molar-refractivity contribution in [2.75, 3.05) is 20.8 Å². The minimum absolute atomic E-state index is 0.140. The van der Waals surface area contributed by atoms with Gasteiger partial charge in [0.05, 0.1) is 7.11 Å². The molecule has 0 aliphatic heterocycles. The van der Waals surface area contributed by atoms with Gasteiger partial charge in [-0.25, -0.2) is 4.79 Å². The number of hydrogen-bond acceptors (Lipinski definition) is 4. The number of carbonyl (C=O) groups excluding carboxylic acids is 2. The first kappa shape index (κ1) is 16.8. The zero-order chi connectivity index (χ0) is 15.1. The molecule has 0 radical (unpaired) electrons. The zero-order valence-corrected chi connectivity index (χ0v) is 12.6. The quantitative estimate of drug-likeness (QED) is 0.813. The standard InChI is InChI=1S/C13H15Cl2NO4/c1-19-7-12(17)16-11(13(18)20-2)6-8-9(14)4-3-5-10(8)15/h3-5,11H,6-7H2,1-2H3,(H,16,17)/t11-/m1/s1. The molecule has 1 aromatic rings. The maximum Gasteiger partial charge on any atom is 0.328 e. The van der Waals surface area contributed by atoms with Crippen LogP contribution in [0.4, 0.5) is 0 Å². The van der Waals surface area contributed by atoms with Crippen LogP contribution in [-0.4, -0.2) is 38.7 Å². The second kappa shape index (κ2) is 8.09. The number of carbonyl (C=O) groups is 2. The van der Waals surface area contributed by atoms with E-state index in [4.69, 9.17) is 27.9 Å². The molecule has 0 saturated carbocycles. The highest BCUT2D eigenvalue weighted by Crippen LogP contribution is 2.25. The van der Waals surface area contributed by atoms with E-state index >= 15 is 0 Å². The van der Waals surface area contributed by atoms with Crippen LogP contribution >= 0.6 is 23.2 Å². The predicted molar refractivity (Wildman–Crippen MR) is 76.0 cm³/mol. The summed E-state index contributed by atoms with van der Waals surface area (Å²) in [7, 11) is 2.63. The number of nitrogens with one attached hydrogen (secondary N) is 1. The van der Waals surface area contributed by atoms with Crippen molar-refractivity contribution in [3.8, 4) is 0 Å². The Kier molecular flexibility index (Phi) is 6.78. The lowest BCUT2D eigenvalue weighted by molar-refractivity contribution is -0.145. The van der Waals surface area contributed by atoms with Crippen LogP contribution in [0.3, 0.4) is 0 Å². The molecule has 1 amide bonds. The molecule has 1 atom stereocenters. The molecule has 1 aromatic carbocycles. The first-order chi connectivity index (χ1) is 9.49. The van der Waals surface area contributed by atoms with Gasteiger partial charge in [0.25, 0.3) is 0 Å². The molecular formula is C13H15Cl2NO4. The van der Waals surface area contributed by atoms with Crippen LogP contribution in [0.25, 0.3) is 0 Å². The summed E-state index contributed by atoms with van der Waals surface area (Å²) in [4.78, 5) is 23.2. The fourth-order valence-electron chi connectivity index (χ4n) is 1.63. The van der Waals surface area contributed by atoms with Gasteiger partial charge in [0.1, 0.15) is 12.6 Å². The molecule has 0 spiro atoms. The summed E-state index contributed by atoms with van der Waals surface area (Å²) < 4.78 is 9.36. The van der Waals surface area contributed by atoms with Crippen molar-refractivity contribution in [3.63, 3.8) is 0 Å². The lowest BCUT2D eigenvalue weighted by Gasteiger charge is -2.17. The Bertz CT molecular complexity index is 473. The largest absolute Gasteiger partial charge is 0.467 e. The van der Waals surface area contributed by atoms with Crippen molar-refractivity contribution in [1.29, 1.82) is 0 Å². The summed E-state index contributed by atoms with van der Waals surface area (Å²) in [5.41, 5.74) is 0.573. The maximum absolute atomic E-state index is 11.7. The number of halogens is 2. The van der Waals surface area contributed by atoms with Crippen LogP contribution < -0.4 is 5.32 Å². The Morgan fingerprint density at radius 1 is 1.25 bits per heavy atom. The van der Waals surface area contributed by atoms with Gasteiger partial charge in [-0.3, -0.25) is 4.79 Å². The Morgan fingerprint density at radius 3 is 2.35 bits per heavy atom. The van der Waals surface area contributed by atoms with Crippen LogP contribution in [0.1, 0.15) is 5.56 Å². The van der Waals surface area contributed by atoms with Crippen molar-refractivity contribution in [3.05, 3.63) is 33.8 Å². The number of esters is 1. The van der Waals surface area contributed by atoms with Crippen LogP contribution in [-0.2, 0) is 25.5 Å². The lowest BCUT2D eigenvalue weighted by atomic mass is 10.1. The van der Waals surface area contributed by atoms with Gasteiger partial charge in [-0.15, -0.1) is 0 Å². The van der Waals surface area contributed by atoms with E-state index in [0.29, 0.717) is 15.6 Å². The third-order valence-corrected chi connectivity index (χ3v) is 3.27. The normalized spacial score (nSPS) is 11.8. The molecule has 0 fully saturated rings. The zero-order valence-electron chi connectivity index (χ0n) is 11.1. The van der Waals surface area contributed by atoms with Crippen LogP contribution in [0.15, 0.2) is 18.2 Å². The highest BCUT2D eigenvalue weighted by Gasteiger charge is 2.24. The molecule has 0 aliphatic carbocycles. The summed E-state index contributed by atoms with van der Waals surface area (Å²) in [6.07, 6.45) is 0.140. The Labute approximate surface area is 127 Å². The molecule has 0 aromatic heterocycles. The summed E-state index contributed by atoms with van der Waals surface area (Å²) in [6, 6.07) is 4.15.